The van der Waals surface area contributed by atoms with Gasteiger partial charge >= 0.3 is 0 Å². The van der Waals surface area contributed by atoms with E-state index >= 15 is 0 Å². The third-order valence-corrected chi connectivity index (χ3v) is 7.35. The number of rotatable bonds is 4. The van der Waals surface area contributed by atoms with Crippen LogP contribution in [-0.2, 0) is 16.4 Å². The first-order chi connectivity index (χ1) is 14.2. The van der Waals surface area contributed by atoms with Crippen LogP contribution in [0.4, 0.5) is 11.5 Å². The zero-order chi connectivity index (χ0) is 21.5. The van der Waals surface area contributed by atoms with Crippen molar-refractivity contribution in [2.45, 2.75) is 37.8 Å². The molecule has 0 fully saturated rings. The van der Waals surface area contributed by atoms with Gasteiger partial charge in [0.05, 0.1) is 16.2 Å². The molecule has 6 nitrogen and oxygen atoms in total. The van der Waals surface area contributed by atoms with Crippen molar-refractivity contribution in [3.05, 3.63) is 59.7 Å². The van der Waals surface area contributed by atoms with E-state index in [1.807, 2.05) is 35.2 Å². The van der Waals surface area contributed by atoms with Crippen molar-refractivity contribution < 1.29 is 8.42 Å². The molecule has 2 aromatic carbocycles. The van der Waals surface area contributed by atoms with Gasteiger partial charge in [0.25, 0.3) is 0 Å². The molecule has 4 rings (SSSR count). The summed E-state index contributed by atoms with van der Waals surface area (Å²) in [6, 6.07) is 15.4. The summed E-state index contributed by atoms with van der Waals surface area (Å²) in [6.07, 6.45) is 0. The summed E-state index contributed by atoms with van der Waals surface area (Å²) >= 11 is 0. The lowest BCUT2D eigenvalue weighted by atomic mass is 10.0. The monoisotopic (exact) mass is 424 g/mol. The Balaban J connectivity index is 1.82. The molecule has 0 atom stereocenters. The van der Waals surface area contributed by atoms with Crippen LogP contribution >= 0.6 is 0 Å². The van der Waals surface area contributed by atoms with Crippen LogP contribution in [0.25, 0.3) is 10.9 Å². The zero-order valence-electron chi connectivity index (χ0n) is 17.6. The van der Waals surface area contributed by atoms with E-state index in [4.69, 9.17) is 10.7 Å². The average Bonchev–Trinajstić information content (AvgIpc) is 2.84. The van der Waals surface area contributed by atoms with Gasteiger partial charge in [-0.2, -0.15) is 0 Å². The summed E-state index contributed by atoms with van der Waals surface area (Å²) in [4.78, 5) is 7.35. The molecule has 0 bridgehead atoms. The van der Waals surface area contributed by atoms with E-state index in [0.29, 0.717) is 24.5 Å². The first kappa shape index (κ1) is 20.6. The number of aryl methyl sites for hydroxylation is 1. The Labute approximate surface area is 178 Å². The molecular formula is C23H28N4O2S. The Morgan fingerprint density at radius 2 is 1.93 bits per heavy atom. The number of nitrogens with one attached hydrogen (secondary N) is 1. The van der Waals surface area contributed by atoms with Crippen molar-refractivity contribution in [2.24, 2.45) is 5.73 Å². The summed E-state index contributed by atoms with van der Waals surface area (Å²) in [5.74, 6) is 0.822. The van der Waals surface area contributed by atoms with Gasteiger partial charge in [0, 0.05) is 42.3 Å². The molecule has 0 radical (unpaired) electrons. The van der Waals surface area contributed by atoms with Gasteiger partial charge in [0.2, 0.25) is 0 Å². The molecule has 3 N–H and O–H groups in total. The van der Waals surface area contributed by atoms with Crippen LogP contribution in [0.3, 0.4) is 0 Å². The lowest BCUT2D eigenvalue weighted by Crippen LogP contribution is -2.39. The second-order valence-corrected chi connectivity index (χ2v) is 10.7. The number of hydrogen-bond donors (Lipinski definition) is 2. The highest BCUT2D eigenvalue weighted by atomic mass is 32.2. The van der Waals surface area contributed by atoms with Gasteiger partial charge in [-0.15, -0.1) is 0 Å². The van der Waals surface area contributed by atoms with E-state index in [-0.39, 0.29) is 11.3 Å². The molecule has 1 aliphatic rings. The quantitative estimate of drug-likeness (QED) is 0.667. The van der Waals surface area contributed by atoms with Gasteiger partial charge < -0.3 is 16.0 Å². The van der Waals surface area contributed by atoms with Crippen LogP contribution in [0.1, 0.15) is 25.0 Å². The lowest BCUT2D eigenvalue weighted by Gasteiger charge is -2.28. The maximum absolute atomic E-state index is 12.7. The topological polar surface area (TPSA) is 88.3 Å². The summed E-state index contributed by atoms with van der Waals surface area (Å²) in [5, 5.41) is 4.59. The molecule has 0 spiro atoms. The van der Waals surface area contributed by atoms with Crippen LogP contribution in [0, 0.1) is 6.92 Å². The molecule has 0 unspecified atom stereocenters. The first-order valence-electron chi connectivity index (χ1n) is 10.1. The molecule has 2 heterocycles. The Bertz CT molecular complexity index is 1210. The SMILES string of the molecule is Cc1ccc2nc(N3CCS(=O)(=O)c4ccccc4C3)cc(NC(C)(C)CN)c2c1. The molecule has 30 heavy (non-hydrogen) atoms. The second kappa shape index (κ2) is 7.56. The smallest absolute Gasteiger partial charge is 0.180 e. The largest absolute Gasteiger partial charge is 0.378 e. The van der Waals surface area contributed by atoms with Gasteiger partial charge in [0.1, 0.15) is 5.82 Å². The number of nitrogens with two attached hydrogens (primary N) is 1. The molecule has 158 valence electrons. The van der Waals surface area contributed by atoms with Gasteiger partial charge in [-0.1, -0.05) is 29.8 Å². The fourth-order valence-corrected chi connectivity index (χ4v) is 5.26. The number of sulfone groups is 1. The highest BCUT2D eigenvalue weighted by Gasteiger charge is 2.26. The van der Waals surface area contributed by atoms with Crippen molar-refractivity contribution in [3.8, 4) is 0 Å². The predicted octanol–water partition coefficient (Wildman–Crippen LogP) is 3.49. The van der Waals surface area contributed by atoms with E-state index in [1.165, 1.54) is 0 Å². The molecule has 1 aliphatic heterocycles. The Morgan fingerprint density at radius 1 is 1.17 bits per heavy atom. The summed E-state index contributed by atoms with van der Waals surface area (Å²) in [5.41, 5.74) is 9.45. The number of aromatic nitrogens is 1. The Morgan fingerprint density at radius 3 is 2.70 bits per heavy atom. The third kappa shape index (κ3) is 4.00. The molecule has 0 saturated carbocycles. The van der Waals surface area contributed by atoms with E-state index < -0.39 is 9.84 Å². The summed E-state index contributed by atoms with van der Waals surface area (Å²) < 4.78 is 25.5. The molecule has 0 saturated heterocycles. The van der Waals surface area contributed by atoms with E-state index in [0.717, 1.165) is 33.5 Å². The highest BCUT2D eigenvalue weighted by molar-refractivity contribution is 7.91. The Kier molecular flexibility index (Phi) is 5.20. The molecule has 3 aromatic rings. The summed E-state index contributed by atoms with van der Waals surface area (Å²) in [7, 11) is -3.31. The second-order valence-electron chi connectivity index (χ2n) is 8.61. The predicted molar refractivity (Wildman–Crippen MR) is 123 cm³/mol. The number of benzene rings is 2. The third-order valence-electron chi connectivity index (χ3n) is 5.56. The maximum atomic E-state index is 12.7. The van der Waals surface area contributed by atoms with Crippen LogP contribution < -0.4 is 16.0 Å². The number of fused-ring (bicyclic) bond motifs is 2. The minimum absolute atomic E-state index is 0.0642. The summed E-state index contributed by atoms with van der Waals surface area (Å²) in [6.45, 7) is 7.54. The lowest BCUT2D eigenvalue weighted by molar-refractivity contribution is 0.581. The van der Waals surface area contributed by atoms with Crippen LogP contribution in [0.5, 0.6) is 0 Å². The van der Waals surface area contributed by atoms with Crippen LogP contribution in [0.15, 0.2) is 53.4 Å². The molecule has 7 heteroatoms. The zero-order valence-corrected chi connectivity index (χ0v) is 18.5. The minimum Gasteiger partial charge on any atom is -0.378 e. The first-order valence-corrected chi connectivity index (χ1v) is 11.8. The van der Waals surface area contributed by atoms with E-state index in [1.54, 1.807) is 12.1 Å². The van der Waals surface area contributed by atoms with Crippen molar-refractivity contribution in [1.29, 1.82) is 0 Å². The van der Waals surface area contributed by atoms with E-state index in [9.17, 15) is 8.42 Å². The van der Waals surface area contributed by atoms with Gasteiger partial charge in [-0.25, -0.2) is 13.4 Å². The normalized spacial score (nSPS) is 16.2. The minimum atomic E-state index is -3.31. The van der Waals surface area contributed by atoms with Crippen molar-refractivity contribution >= 4 is 32.2 Å². The van der Waals surface area contributed by atoms with E-state index in [2.05, 4.69) is 32.2 Å². The maximum Gasteiger partial charge on any atom is 0.180 e. The number of anilines is 2. The van der Waals surface area contributed by atoms with Crippen molar-refractivity contribution in [2.75, 3.05) is 29.1 Å². The standard InChI is InChI=1S/C23H28N4O2S/c1-16-8-9-19-18(12-16)20(26-23(2,3)15-24)13-22(25-19)27-10-11-30(28,29)21-7-5-4-6-17(21)14-27/h4-9,12-13H,10-11,14-15,24H2,1-3H3,(H,25,26). The van der Waals surface area contributed by atoms with Crippen LogP contribution in [0.2, 0.25) is 0 Å². The number of nitrogens with zero attached hydrogens (tertiary/aromatic N) is 2. The van der Waals surface area contributed by atoms with Crippen molar-refractivity contribution in [1.82, 2.24) is 4.98 Å². The van der Waals surface area contributed by atoms with Gasteiger partial charge in [-0.05, 0) is 44.5 Å². The van der Waals surface area contributed by atoms with Gasteiger partial charge in [-0.3, -0.25) is 0 Å². The fourth-order valence-electron chi connectivity index (χ4n) is 3.77. The number of hydrogen-bond acceptors (Lipinski definition) is 6. The van der Waals surface area contributed by atoms with Crippen molar-refractivity contribution in [3.63, 3.8) is 0 Å². The van der Waals surface area contributed by atoms with Crippen LogP contribution in [-0.4, -0.2) is 37.8 Å². The average molecular weight is 425 g/mol. The molecule has 0 aliphatic carbocycles. The molecule has 1 aromatic heterocycles. The molecular weight excluding hydrogens is 396 g/mol. The van der Waals surface area contributed by atoms with Gasteiger partial charge in [0.15, 0.2) is 9.84 Å². The molecule has 0 amide bonds. The number of pyridine rings is 1. The fraction of sp³-hybridized carbons (Fsp3) is 0.348. The Hall–Kier alpha value is -2.64. The highest BCUT2D eigenvalue weighted by Crippen LogP contribution is 2.32.